The summed E-state index contributed by atoms with van der Waals surface area (Å²) in [5.74, 6) is -0.265. The van der Waals surface area contributed by atoms with E-state index < -0.39 is 10.9 Å². The highest BCUT2D eigenvalue weighted by Gasteiger charge is 2.50. The first-order chi connectivity index (χ1) is 9.56. The van der Waals surface area contributed by atoms with Gasteiger partial charge >= 0.3 is 11.9 Å². The van der Waals surface area contributed by atoms with Crippen LogP contribution in [-0.4, -0.2) is 22.0 Å². The van der Waals surface area contributed by atoms with Crippen LogP contribution in [0.1, 0.15) is 25.0 Å². The molecule has 2 aliphatic carbocycles. The summed E-state index contributed by atoms with van der Waals surface area (Å²) >= 11 is 0. The summed E-state index contributed by atoms with van der Waals surface area (Å²) in [6, 6.07) is 2.80. The zero-order valence-electron chi connectivity index (χ0n) is 10.8. The minimum absolute atomic E-state index is 0.0598. The molecule has 0 aromatic carbocycles. The Morgan fingerprint density at radius 1 is 1.45 bits per heavy atom. The fraction of sp³-hybridized carbons (Fsp3) is 0.615. The maximum absolute atomic E-state index is 11.4. The summed E-state index contributed by atoms with van der Waals surface area (Å²) < 4.78 is 5.07. The molecule has 2 saturated carbocycles. The predicted molar refractivity (Wildman–Crippen MR) is 67.9 cm³/mol. The molecule has 0 spiro atoms. The summed E-state index contributed by atoms with van der Waals surface area (Å²) in [6.07, 6.45) is 3.02. The average Bonchev–Trinajstić information content (AvgIpc) is 3.10. The third-order valence-electron chi connectivity index (χ3n) is 4.54. The van der Waals surface area contributed by atoms with E-state index in [1.54, 1.807) is 6.07 Å². The van der Waals surface area contributed by atoms with Crippen LogP contribution in [0.5, 0.6) is 0 Å². The number of nitro groups is 1. The molecular formula is C13H16N2O5. The molecule has 4 unspecified atom stereocenters. The van der Waals surface area contributed by atoms with Gasteiger partial charge in [-0.1, -0.05) is 0 Å². The Bertz CT molecular complexity index is 541. The Hall–Kier alpha value is -1.89. The molecule has 7 heteroatoms. The highest BCUT2D eigenvalue weighted by atomic mass is 16.6. The summed E-state index contributed by atoms with van der Waals surface area (Å²) in [4.78, 5) is 21.3. The topological polar surface area (TPSA) is 106 Å². The highest BCUT2D eigenvalue weighted by molar-refractivity contribution is 5.72. The number of aliphatic carboxylic acids is 1. The van der Waals surface area contributed by atoms with Gasteiger partial charge in [-0.15, -0.1) is 0 Å². The molecule has 0 saturated heterocycles. The Morgan fingerprint density at radius 3 is 2.85 bits per heavy atom. The van der Waals surface area contributed by atoms with Gasteiger partial charge in [0.05, 0.1) is 18.5 Å². The number of hydrogen-bond acceptors (Lipinski definition) is 5. The van der Waals surface area contributed by atoms with E-state index in [-0.39, 0.29) is 23.8 Å². The van der Waals surface area contributed by atoms with Crippen molar-refractivity contribution in [1.82, 2.24) is 5.32 Å². The van der Waals surface area contributed by atoms with Crippen LogP contribution in [0.4, 0.5) is 5.88 Å². The smallest absolute Gasteiger partial charge is 0.433 e. The van der Waals surface area contributed by atoms with E-state index in [2.05, 4.69) is 5.32 Å². The fourth-order valence-electron chi connectivity index (χ4n) is 3.72. The van der Waals surface area contributed by atoms with Crippen LogP contribution in [0.15, 0.2) is 16.5 Å². The maximum atomic E-state index is 11.4. The maximum Gasteiger partial charge on any atom is 0.433 e. The SMILES string of the molecule is O=C(O)C1C2CCC(C2)C1NCc1ccc([N+](=O)[O-])o1. The van der Waals surface area contributed by atoms with Crippen LogP contribution in [0.2, 0.25) is 0 Å². The average molecular weight is 280 g/mol. The number of carboxylic acid groups (broad SMARTS) is 1. The first kappa shape index (κ1) is 13.1. The van der Waals surface area contributed by atoms with Crippen molar-refractivity contribution in [1.29, 1.82) is 0 Å². The van der Waals surface area contributed by atoms with E-state index in [0.717, 1.165) is 19.3 Å². The standard InChI is InChI=1S/C13H16N2O5/c16-13(17)11-7-1-2-8(5-7)12(11)14-6-9-3-4-10(20-9)15(18)19/h3-4,7-8,11-12,14H,1-2,5-6H2,(H,16,17). The molecule has 108 valence electrons. The molecule has 3 rings (SSSR count). The molecule has 0 amide bonds. The van der Waals surface area contributed by atoms with Crippen molar-refractivity contribution in [3.05, 3.63) is 28.0 Å². The lowest BCUT2D eigenvalue weighted by molar-refractivity contribution is -0.402. The summed E-state index contributed by atoms with van der Waals surface area (Å²) in [6.45, 7) is 0.325. The fourth-order valence-corrected chi connectivity index (χ4v) is 3.72. The molecule has 0 aliphatic heterocycles. The van der Waals surface area contributed by atoms with E-state index in [9.17, 15) is 20.0 Å². The Kier molecular flexibility index (Phi) is 3.21. The number of furan rings is 1. The third-order valence-corrected chi connectivity index (χ3v) is 4.54. The quantitative estimate of drug-likeness (QED) is 0.629. The molecule has 2 N–H and O–H groups in total. The first-order valence-corrected chi connectivity index (χ1v) is 6.75. The second-order valence-electron chi connectivity index (χ2n) is 5.60. The second-order valence-corrected chi connectivity index (χ2v) is 5.60. The van der Waals surface area contributed by atoms with Crippen LogP contribution in [0.3, 0.4) is 0 Å². The zero-order chi connectivity index (χ0) is 14.3. The molecule has 4 atom stereocenters. The molecule has 0 radical (unpaired) electrons. The van der Waals surface area contributed by atoms with Gasteiger partial charge < -0.3 is 14.8 Å². The van der Waals surface area contributed by atoms with Crippen LogP contribution >= 0.6 is 0 Å². The van der Waals surface area contributed by atoms with Crippen molar-refractivity contribution in [2.24, 2.45) is 17.8 Å². The van der Waals surface area contributed by atoms with E-state index in [4.69, 9.17) is 4.42 Å². The van der Waals surface area contributed by atoms with E-state index in [1.807, 2.05) is 0 Å². The van der Waals surface area contributed by atoms with Gasteiger partial charge in [0.2, 0.25) is 0 Å². The number of rotatable bonds is 5. The van der Waals surface area contributed by atoms with Gasteiger partial charge in [0.1, 0.15) is 10.7 Å². The lowest BCUT2D eigenvalue weighted by Crippen LogP contribution is -2.43. The molecule has 2 aliphatic rings. The Labute approximate surface area is 115 Å². The molecule has 7 nitrogen and oxygen atoms in total. The number of fused-ring (bicyclic) bond motifs is 2. The van der Waals surface area contributed by atoms with Gasteiger partial charge in [0.25, 0.3) is 0 Å². The van der Waals surface area contributed by atoms with Crippen molar-refractivity contribution >= 4 is 11.9 Å². The number of hydrogen-bond donors (Lipinski definition) is 2. The van der Waals surface area contributed by atoms with Crippen LogP contribution in [-0.2, 0) is 11.3 Å². The monoisotopic (exact) mass is 280 g/mol. The number of nitrogens with one attached hydrogen (secondary N) is 1. The summed E-state index contributed by atoms with van der Waals surface area (Å²) in [7, 11) is 0. The summed E-state index contributed by atoms with van der Waals surface area (Å²) in [5, 5.41) is 23.1. The molecular weight excluding hydrogens is 264 g/mol. The predicted octanol–water partition coefficient (Wildman–Crippen LogP) is 1.78. The van der Waals surface area contributed by atoms with Gasteiger partial charge in [0, 0.05) is 6.04 Å². The minimum Gasteiger partial charge on any atom is -0.481 e. The molecule has 1 aromatic heterocycles. The van der Waals surface area contributed by atoms with Crippen LogP contribution < -0.4 is 5.32 Å². The van der Waals surface area contributed by atoms with Gasteiger partial charge in [-0.05, 0) is 37.2 Å². The van der Waals surface area contributed by atoms with E-state index >= 15 is 0 Å². The normalized spacial score (nSPS) is 31.6. The third kappa shape index (κ3) is 2.18. The van der Waals surface area contributed by atoms with Gasteiger partial charge in [0.15, 0.2) is 0 Å². The van der Waals surface area contributed by atoms with E-state index in [1.165, 1.54) is 6.07 Å². The number of carboxylic acids is 1. The zero-order valence-corrected chi connectivity index (χ0v) is 10.8. The largest absolute Gasteiger partial charge is 0.481 e. The molecule has 1 heterocycles. The van der Waals surface area contributed by atoms with Crippen LogP contribution in [0.25, 0.3) is 0 Å². The van der Waals surface area contributed by atoms with Gasteiger partial charge in [-0.3, -0.25) is 14.9 Å². The lowest BCUT2D eigenvalue weighted by Gasteiger charge is -2.28. The second kappa shape index (κ2) is 4.90. The highest BCUT2D eigenvalue weighted by Crippen LogP contribution is 2.48. The number of nitrogens with zero attached hydrogens (tertiary/aromatic N) is 1. The van der Waals surface area contributed by atoms with Gasteiger partial charge in [-0.25, -0.2) is 0 Å². The first-order valence-electron chi connectivity index (χ1n) is 6.75. The molecule has 2 fully saturated rings. The van der Waals surface area contributed by atoms with Gasteiger partial charge in [-0.2, -0.15) is 0 Å². The van der Waals surface area contributed by atoms with Crippen LogP contribution in [0, 0.1) is 27.9 Å². The lowest BCUT2D eigenvalue weighted by atomic mass is 9.84. The molecule has 1 aromatic rings. The van der Waals surface area contributed by atoms with Crippen molar-refractivity contribution in [2.75, 3.05) is 0 Å². The van der Waals surface area contributed by atoms with Crippen molar-refractivity contribution in [2.45, 2.75) is 31.8 Å². The van der Waals surface area contributed by atoms with E-state index in [0.29, 0.717) is 18.2 Å². The van der Waals surface area contributed by atoms with Crippen molar-refractivity contribution in [3.63, 3.8) is 0 Å². The van der Waals surface area contributed by atoms with Crippen molar-refractivity contribution < 1.29 is 19.2 Å². The molecule has 2 bridgehead atoms. The minimum atomic E-state index is -0.750. The Balaban J connectivity index is 1.65. The Morgan fingerprint density at radius 2 is 2.20 bits per heavy atom. The molecule has 20 heavy (non-hydrogen) atoms. The summed E-state index contributed by atoms with van der Waals surface area (Å²) in [5.41, 5.74) is 0. The number of carbonyl (C=O) groups is 1. The van der Waals surface area contributed by atoms with Crippen molar-refractivity contribution in [3.8, 4) is 0 Å².